The molecule has 2 aromatic carbocycles. The first-order chi connectivity index (χ1) is 17.1. The van der Waals surface area contributed by atoms with Crippen LogP contribution < -0.4 is 4.74 Å². The average molecular weight is 489 g/mol. The summed E-state index contributed by atoms with van der Waals surface area (Å²) in [5, 5.41) is 9.95. The van der Waals surface area contributed by atoms with Crippen molar-refractivity contribution in [3.05, 3.63) is 82.6 Å². The summed E-state index contributed by atoms with van der Waals surface area (Å²) in [7, 11) is 0. The van der Waals surface area contributed by atoms with E-state index in [4.69, 9.17) is 16.3 Å². The molecule has 0 bridgehead atoms. The molecular formula is C30H33ClN2O2. The van der Waals surface area contributed by atoms with E-state index in [1.807, 2.05) is 54.7 Å². The zero-order chi connectivity index (χ0) is 24.5. The fourth-order valence-electron chi connectivity index (χ4n) is 4.60. The molecule has 0 aliphatic heterocycles. The van der Waals surface area contributed by atoms with E-state index in [2.05, 4.69) is 34.7 Å². The van der Waals surface area contributed by atoms with Crippen LogP contribution in [0.2, 0.25) is 5.02 Å². The standard InChI is InChI=1S/C30H33ClN2O2/c1-23-21-24(7-14-28-15-11-26(22-32-28)25-9-12-27(31)13-10-25)8-16-30(23)35-20-18-33(17-4-19-34)29-5-2-3-6-29/h8-13,15-16,21-22,29,34H,2-6,17-20H2,1H3. The van der Waals surface area contributed by atoms with Crippen LogP contribution in [0, 0.1) is 18.8 Å². The summed E-state index contributed by atoms with van der Waals surface area (Å²) in [5.74, 6) is 7.26. The van der Waals surface area contributed by atoms with E-state index in [1.165, 1.54) is 25.7 Å². The van der Waals surface area contributed by atoms with Gasteiger partial charge in [0.2, 0.25) is 0 Å². The van der Waals surface area contributed by atoms with Gasteiger partial charge in [0.1, 0.15) is 18.1 Å². The van der Waals surface area contributed by atoms with Gasteiger partial charge in [-0.1, -0.05) is 48.6 Å². The lowest BCUT2D eigenvalue weighted by molar-refractivity contribution is 0.146. The number of rotatable bonds is 9. The van der Waals surface area contributed by atoms with E-state index < -0.39 is 0 Å². The summed E-state index contributed by atoms with van der Waals surface area (Å²) in [6.45, 7) is 4.78. The number of aryl methyl sites for hydroxylation is 1. The highest BCUT2D eigenvalue weighted by molar-refractivity contribution is 6.30. The second-order valence-corrected chi connectivity index (χ2v) is 9.51. The quantitative estimate of drug-likeness (QED) is 0.369. The molecule has 1 fully saturated rings. The van der Waals surface area contributed by atoms with Gasteiger partial charge in [-0.25, -0.2) is 4.98 Å². The molecule has 1 N–H and O–H groups in total. The largest absolute Gasteiger partial charge is 0.492 e. The van der Waals surface area contributed by atoms with Gasteiger partial charge in [-0.3, -0.25) is 4.90 Å². The molecule has 5 heteroatoms. The molecule has 4 nitrogen and oxygen atoms in total. The third-order valence-electron chi connectivity index (χ3n) is 6.53. The Morgan fingerprint density at radius 3 is 2.46 bits per heavy atom. The third-order valence-corrected chi connectivity index (χ3v) is 6.78. The van der Waals surface area contributed by atoms with E-state index in [0.29, 0.717) is 12.6 Å². The summed E-state index contributed by atoms with van der Waals surface area (Å²) in [4.78, 5) is 6.98. The van der Waals surface area contributed by atoms with Gasteiger partial charge in [0, 0.05) is 48.1 Å². The fourth-order valence-corrected chi connectivity index (χ4v) is 4.73. The monoisotopic (exact) mass is 488 g/mol. The van der Waals surface area contributed by atoms with E-state index in [0.717, 1.165) is 58.2 Å². The lowest BCUT2D eigenvalue weighted by atomic mass is 10.1. The zero-order valence-electron chi connectivity index (χ0n) is 20.3. The molecule has 3 aromatic rings. The predicted octanol–water partition coefficient (Wildman–Crippen LogP) is 6.12. The van der Waals surface area contributed by atoms with E-state index in [-0.39, 0.29) is 6.61 Å². The normalized spacial score (nSPS) is 13.6. The first kappa shape index (κ1) is 25.3. The van der Waals surface area contributed by atoms with Crippen LogP contribution in [0.15, 0.2) is 60.8 Å². The smallest absolute Gasteiger partial charge is 0.122 e. The number of ether oxygens (including phenoxy) is 1. The van der Waals surface area contributed by atoms with E-state index in [1.54, 1.807) is 0 Å². The highest BCUT2D eigenvalue weighted by Crippen LogP contribution is 2.24. The molecule has 0 atom stereocenters. The Hall–Kier alpha value is -2.84. The van der Waals surface area contributed by atoms with Crippen LogP contribution in [-0.2, 0) is 0 Å². The SMILES string of the molecule is Cc1cc(C#Cc2ccc(-c3ccc(Cl)cc3)cn2)ccc1OCCN(CCCO)C1CCCC1. The number of hydrogen-bond donors (Lipinski definition) is 1. The van der Waals surface area contributed by atoms with Crippen molar-refractivity contribution in [3.8, 4) is 28.7 Å². The Labute approximate surface area is 213 Å². The molecule has 0 amide bonds. The van der Waals surface area contributed by atoms with Crippen molar-refractivity contribution in [2.45, 2.75) is 45.1 Å². The van der Waals surface area contributed by atoms with E-state index >= 15 is 0 Å². The molecule has 1 heterocycles. The molecule has 4 rings (SSSR count). The molecule has 0 radical (unpaired) electrons. The number of hydrogen-bond acceptors (Lipinski definition) is 4. The minimum absolute atomic E-state index is 0.244. The highest BCUT2D eigenvalue weighted by atomic mass is 35.5. The second kappa shape index (κ2) is 12.7. The molecule has 0 spiro atoms. The number of halogens is 1. The van der Waals surface area contributed by atoms with Gasteiger partial charge in [0.25, 0.3) is 0 Å². The summed E-state index contributed by atoms with van der Waals surface area (Å²) < 4.78 is 6.11. The van der Waals surface area contributed by atoms with Crippen LogP contribution in [0.1, 0.15) is 48.9 Å². The van der Waals surface area contributed by atoms with Crippen molar-refractivity contribution in [1.29, 1.82) is 0 Å². The lowest BCUT2D eigenvalue weighted by Crippen LogP contribution is -2.37. The van der Waals surface area contributed by atoms with Crippen molar-refractivity contribution in [2.75, 3.05) is 26.3 Å². The fraction of sp³-hybridized carbons (Fsp3) is 0.367. The predicted molar refractivity (Wildman–Crippen MR) is 143 cm³/mol. The van der Waals surface area contributed by atoms with Crippen LogP contribution in [-0.4, -0.2) is 47.3 Å². The molecule has 0 unspecified atom stereocenters. The van der Waals surface area contributed by atoms with Gasteiger partial charge in [-0.15, -0.1) is 0 Å². The Morgan fingerprint density at radius 2 is 1.77 bits per heavy atom. The number of nitrogens with zero attached hydrogens (tertiary/aromatic N) is 2. The van der Waals surface area contributed by atoms with Gasteiger partial charge >= 0.3 is 0 Å². The van der Waals surface area contributed by atoms with Gasteiger partial charge in [-0.2, -0.15) is 0 Å². The van der Waals surface area contributed by atoms with Gasteiger partial charge < -0.3 is 9.84 Å². The summed E-state index contributed by atoms with van der Waals surface area (Å²) in [6, 6.07) is 18.4. The third kappa shape index (κ3) is 7.32. The highest BCUT2D eigenvalue weighted by Gasteiger charge is 2.22. The maximum atomic E-state index is 9.23. The molecule has 182 valence electrons. The Kier molecular flexibility index (Phi) is 9.20. The average Bonchev–Trinajstić information content (AvgIpc) is 3.42. The van der Waals surface area contributed by atoms with Crippen molar-refractivity contribution < 1.29 is 9.84 Å². The maximum absolute atomic E-state index is 9.23. The number of aromatic nitrogens is 1. The van der Waals surface area contributed by atoms with Crippen molar-refractivity contribution in [1.82, 2.24) is 9.88 Å². The van der Waals surface area contributed by atoms with Gasteiger partial charge in [-0.05, 0) is 79.6 Å². The Bertz CT molecular complexity index is 1140. The summed E-state index contributed by atoms with van der Waals surface area (Å²) >= 11 is 5.97. The van der Waals surface area contributed by atoms with Gasteiger partial charge in [0.15, 0.2) is 0 Å². The van der Waals surface area contributed by atoms with Crippen LogP contribution in [0.3, 0.4) is 0 Å². The molecule has 0 saturated heterocycles. The number of aliphatic hydroxyl groups excluding tert-OH is 1. The maximum Gasteiger partial charge on any atom is 0.122 e. The van der Waals surface area contributed by atoms with Crippen molar-refractivity contribution in [3.63, 3.8) is 0 Å². The minimum Gasteiger partial charge on any atom is -0.492 e. The first-order valence-corrected chi connectivity index (χ1v) is 12.8. The Morgan fingerprint density at radius 1 is 1.00 bits per heavy atom. The van der Waals surface area contributed by atoms with Crippen LogP contribution in [0.4, 0.5) is 0 Å². The molecular weight excluding hydrogens is 456 g/mol. The lowest BCUT2D eigenvalue weighted by Gasteiger charge is -2.28. The number of pyridine rings is 1. The van der Waals surface area contributed by atoms with Crippen molar-refractivity contribution in [2.24, 2.45) is 0 Å². The van der Waals surface area contributed by atoms with E-state index in [9.17, 15) is 5.11 Å². The summed E-state index contributed by atoms with van der Waals surface area (Å²) in [5.41, 5.74) is 4.86. The number of aliphatic hydroxyl groups is 1. The molecule has 1 aliphatic rings. The second-order valence-electron chi connectivity index (χ2n) is 9.07. The first-order valence-electron chi connectivity index (χ1n) is 12.4. The molecule has 1 aromatic heterocycles. The molecule has 1 aliphatic carbocycles. The Balaban J connectivity index is 1.33. The molecule has 35 heavy (non-hydrogen) atoms. The van der Waals surface area contributed by atoms with Crippen molar-refractivity contribution >= 4 is 11.6 Å². The van der Waals surface area contributed by atoms with Crippen LogP contribution in [0.25, 0.3) is 11.1 Å². The van der Waals surface area contributed by atoms with Crippen LogP contribution in [0.5, 0.6) is 5.75 Å². The topological polar surface area (TPSA) is 45.6 Å². The minimum atomic E-state index is 0.244. The zero-order valence-corrected chi connectivity index (χ0v) is 21.1. The number of benzene rings is 2. The van der Waals surface area contributed by atoms with Crippen LogP contribution >= 0.6 is 11.6 Å². The summed E-state index contributed by atoms with van der Waals surface area (Å²) in [6.07, 6.45) is 7.80. The molecule has 1 saturated carbocycles. The van der Waals surface area contributed by atoms with Gasteiger partial charge in [0.05, 0.1) is 0 Å².